The third-order valence-corrected chi connectivity index (χ3v) is 7.28. The number of hydrogen-bond donors (Lipinski definition) is 1. The Hall–Kier alpha value is -2.24. The van der Waals surface area contributed by atoms with Crippen molar-refractivity contribution < 1.29 is 14.3 Å². The van der Waals surface area contributed by atoms with E-state index in [4.69, 9.17) is 9.47 Å². The van der Waals surface area contributed by atoms with Crippen LogP contribution in [0.5, 0.6) is 11.5 Å². The number of rotatable bonds is 8. The largest absolute Gasteiger partial charge is 0.496 e. The Morgan fingerprint density at radius 2 is 1.50 bits per heavy atom. The van der Waals surface area contributed by atoms with E-state index in [9.17, 15) is 4.79 Å². The number of fused-ring (bicyclic) bond motifs is 2. The molecule has 0 spiro atoms. The van der Waals surface area contributed by atoms with E-state index in [1.54, 1.807) is 21.1 Å². The van der Waals surface area contributed by atoms with Crippen molar-refractivity contribution >= 4 is 18.3 Å². The monoisotopic (exact) mass is 516 g/mol. The lowest BCUT2D eigenvalue weighted by Gasteiger charge is -2.35. The normalized spacial score (nSPS) is 17.9. The van der Waals surface area contributed by atoms with Gasteiger partial charge in [0.25, 0.3) is 0 Å². The van der Waals surface area contributed by atoms with Crippen molar-refractivity contribution in [2.24, 2.45) is 0 Å². The van der Waals surface area contributed by atoms with E-state index < -0.39 is 0 Å². The lowest BCUT2D eigenvalue weighted by molar-refractivity contribution is -0.131. The average molecular weight is 517 g/mol. The molecular formula is C30H45ClN2O3. The summed E-state index contributed by atoms with van der Waals surface area (Å²) in [5.41, 5.74) is 5.53. The zero-order valence-corrected chi connectivity index (χ0v) is 23.6. The molecule has 1 N–H and O–H groups in total. The number of carbonyl (C=O) groups is 1. The first-order chi connectivity index (χ1) is 17.0. The highest BCUT2D eigenvalue weighted by Crippen LogP contribution is 2.32. The minimum Gasteiger partial charge on any atom is -0.496 e. The van der Waals surface area contributed by atoms with Crippen LogP contribution in [0.4, 0.5) is 0 Å². The molecule has 0 aliphatic heterocycles. The van der Waals surface area contributed by atoms with Gasteiger partial charge in [0.05, 0.1) is 14.2 Å². The molecule has 0 saturated heterocycles. The molecule has 0 fully saturated rings. The Bertz CT molecular complexity index is 965. The topological polar surface area (TPSA) is 50.8 Å². The second-order valence-electron chi connectivity index (χ2n) is 9.70. The maximum atomic E-state index is 11.8. The number of halogens is 1. The number of hydrogen-bond acceptors (Lipinski definition) is 4. The summed E-state index contributed by atoms with van der Waals surface area (Å²) < 4.78 is 10.8. The molecule has 0 bridgehead atoms. The molecule has 200 valence electrons. The van der Waals surface area contributed by atoms with Crippen molar-refractivity contribution in [3.05, 3.63) is 58.7 Å². The maximum absolute atomic E-state index is 11.8. The summed E-state index contributed by atoms with van der Waals surface area (Å²) >= 11 is 0. The molecule has 0 radical (unpaired) electrons. The van der Waals surface area contributed by atoms with Gasteiger partial charge >= 0.3 is 0 Å². The smallest absolute Gasteiger partial charge is 0.219 e. The van der Waals surface area contributed by atoms with Crippen LogP contribution < -0.4 is 14.8 Å². The van der Waals surface area contributed by atoms with Crippen LogP contribution >= 0.6 is 12.4 Å². The third-order valence-electron chi connectivity index (χ3n) is 7.28. The minimum atomic E-state index is 0. The fourth-order valence-electron chi connectivity index (χ4n) is 5.53. The standard InChI is InChI=1S/C16H23NO2.C14H21NO.ClH/c1-4-10-17(12(2)18)14-8-9-15-13(11-14)6-5-7-16(15)19-3;1-3-9-15-12-7-8-13-11(10-12)5-4-6-14(13)16-2;/h5-7,14H,4,8-11H2,1-3H3;4-6,12,15H,3,7-10H2,1-2H3;1H. The lowest BCUT2D eigenvalue weighted by atomic mass is 9.86. The van der Waals surface area contributed by atoms with Gasteiger partial charge in [-0.15, -0.1) is 12.4 Å². The van der Waals surface area contributed by atoms with Gasteiger partial charge in [0.2, 0.25) is 5.91 Å². The Kier molecular flexibility index (Phi) is 12.6. The van der Waals surface area contributed by atoms with E-state index in [2.05, 4.69) is 43.4 Å². The number of nitrogens with zero attached hydrogens (tertiary/aromatic N) is 1. The fraction of sp³-hybridized carbons (Fsp3) is 0.567. The predicted molar refractivity (Wildman–Crippen MR) is 151 cm³/mol. The van der Waals surface area contributed by atoms with Gasteiger partial charge in [0, 0.05) is 25.6 Å². The Balaban J connectivity index is 0.000000250. The summed E-state index contributed by atoms with van der Waals surface area (Å²) in [6.45, 7) is 8.00. The molecule has 2 unspecified atom stereocenters. The zero-order valence-electron chi connectivity index (χ0n) is 22.8. The van der Waals surface area contributed by atoms with E-state index in [0.717, 1.165) is 63.1 Å². The van der Waals surface area contributed by atoms with E-state index in [1.807, 2.05) is 17.0 Å². The van der Waals surface area contributed by atoms with E-state index >= 15 is 0 Å². The number of ether oxygens (including phenoxy) is 2. The third kappa shape index (κ3) is 7.63. The van der Waals surface area contributed by atoms with E-state index in [1.165, 1.54) is 35.1 Å². The van der Waals surface area contributed by atoms with E-state index in [0.29, 0.717) is 12.1 Å². The SMILES string of the molecule is CCCN(C(C)=O)C1CCc2c(cccc2OC)C1.CCCNC1CCc2c(cccc2OC)C1.Cl. The summed E-state index contributed by atoms with van der Waals surface area (Å²) in [5.74, 6) is 2.24. The summed E-state index contributed by atoms with van der Waals surface area (Å²) in [7, 11) is 3.48. The highest BCUT2D eigenvalue weighted by molar-refractivity contribution is 5.85. The molecule has 2 aromatic carbocycles. The van der Waals surface area contributed by atoms with Gasteiger partial charge in [-0.05, 0) is 92.3 Å². The van der Waals surface area contributed by atoms with Gasteiger partial charge in [0.1, 0.15) is 11.5 Å². The maximum Gasteiger partial charge on any atom is 0.219 e. The second-order valence-corrected chi connectivity index (χ2v) is 9.70. The number of amides is 1. The molecule has 1 amide bonds. The van der Waals surface area contributed by atoms with Crippen LogP contribution in [0.2, 0.25) is 0 Å². The van der Waals surface area contributed by atoms with Gasteiger partial charge in [-0.2, -0.15) is 0 Å². The summed E-state index contributed by atoms with van der Waals surface area (Å²) in [5, 5.41) is 3.61. The summed E-state index contributed by atoms with van der Waals surface area (Å²) in [6, 6.07) is 13.6. The van der Waals surface area contributed by atoms with Crippen LogP contribution in [-0.4, -0.2) is 50.2 Å². The van der Waals surface area contributed by atoms with Crippen molar-refractivity contribution in [3.63, 3.8) is 0 Å². The molecule has 0 aromatic heterocycles. The summed E-state index contributed by atoms with van der Waals surface area (Å²) in [6.07, 6.45) is 8.72. The van der Waals surface area contributed by atoms with Crippen LogP contribution in [-0.2, 0) is 30.5 Å². The van der Waals surface area contributed by atoms with Crippen LogP contribution in [0, 0.1) is 0 Å². The number of methoxy groups -OCH3 is 2. The van der Waals surface area contributed by atoms with Crippen molar-refractivity contribution in [3.8, 4) is 11.5 Å². The molecule has 4 rings (SSSR count). The minimum absolute atomic E-state index is 0. The summed E-state index contributed by atoms with van der Waals surface area (Å²) in [4.78, 5) is 13.8. The quantitative estimate of drug-likeness (QED) is 0.483. The molecule has 2 aromatic rings. The van der Waals surface area contributed by atoms with Crippen LogP contribution in [0.25, 0.3) is 0 Å². The highest BCUT2D eigenvalue weighted by atomic mass is 35.5. The van der Waals surface area contributed by atoms with Gasteiger partial charge in [-0.3, -0.25) is 4.79 Å². The number of carbonyl (C=O) groups excluding carboxylic acids is 1. The van der Waals surface area contributed by atoms with Gasteiger partial charge in [0.15, 0.2) is 0 Å². The fourth-order valence-corrected chi connectivity index (χ4v) is 5.53. The molecule has 0 saturated carbocycles. The Morgan fingerprint density at radius 3 is 2.03 bits per heavy atom. The second kappa shape index (κ2) is 15.1. The van der Waals surface area contributed by atoms with Crippen molar-refractivity contribution in [1.82, 2.24) is 10.2 Å². The van der Waals surface area contributed by atoms with Crippen LogP contribution in [0.1, 0.15) is 68.7 Å². The van der Waals surface area contributed by atoms with Gasteiger partial charge in [-0.25, -0.2) is 0 Å². The van der Waals surface area contributed by atoms with Crippen molar-refractivity contribution in [1.29, 1.82) is 0 Å². The highest BCUT2D eigenvalue weighted by Gasteiger charge is 2.27. The molecule has 2 atom stereocenters. The zero-order chi connectivity index (χ0) is 25.2. The first-order valence-corrected chi connectivity index (χ1v) is 13.3. The first-order valence-electron chi connectivity index (χ1n) is 13.3. The van der Waals surface area contributed by atoms with Gasteiger partial charge < -0.3 is 19.7 Å². The average Bonchev–Trinajstić information content (AvgIpc) is 2.89. The van der Waals surface area contributed by atoms with Crippen molar-refractivity contribution in [2.75, 3.05) is 27.3 Å². The molecule has 6 heteroatoms. The molecule has 5 nitrogen and oxygen atoms in total. The number of nitrogens with one attached hydrogen (secondary N) is 1. The van der Waals surface area contributed by atoms with Crippen LogP contribution in [0.15, 0.2) is 36.4 Å². The predicted octanol–water partition coefficient (Wildman–Crippen LogP) is 5.78. The molecule has 0 heterocycles. The van der Waals surface area contributed by atoms with Crippen LogP contribution in [0.3, 0.4) is 0 Å². The number of benzene rings is 2. The van der Waals surface area contributed by atoms with Crippen molar-refractivity contribution in [2.45, 2.75) is 84.2 Å². The molecule has 36 heavy (non-hydrogen) atoms. The lowest BCUT2D eigenvalue weighted by Crippen LogP contribution is -2.42. The Labute approximate surface area is 224 Å². The molecule has 2 aliphatic rings. The first kappa shape index (κ1) is 30.0. The Morgan fingerprint density at radius 1 is 0.917 bits per heavy atom. The van der Waals surface area contributed by atoms with Gasteiger partial charge in [-0.1, -0.05) is 38.1 Å². The van der Waals surface area contributed by atoms with E-state index in [-0.39, 0.29) is 18.3 Å². The molecular weight excluding hydrogens is 472 g/mol. The molecule has 2 aliphatic carbocycles.